The smallest absolute Gasteiger partial charge is 0.457 e. The van der Waals surface area contributed by atoms with Crippen LogP contribution in [0.1, 0.15) is 11.6 Å². The zero-order valence-corrected chi connectivity index (χ0v) is 17.7. The lowest BCUT2D eigenvalue weighted by atomic mass is 10.1. The van der Waals surface area contributed by atoms with E-state index in [4.69, 9.17) is 4.74 Å². The number of benzene rings is 3. The SMILES string of the molecule is O=CN(O)C(CS(=O)(=O)c1ccc(Oc2ccc(OC(F)(F)F)cc2)cc1)c1ccccc1. The van der Waals surface area contributed by atoms with Crippen molar-refractivity contribution >= 4 is 16.2 Å². The second kappa shape index (κ2) is 9.92. The molecule has 11 heteroatoms. The Hall–Kier alpha value is -3.57. The lowest BCUT2D eigenvalue weighted by Gasteiger charge is -2.22. The van der Waals surface area contributed by atoms with Crippen LogP contribution in [0, 0.1) is 0 Å². The minimum absolute atomic E-state index is 0.0657. The van der Waals surface area contributed by atoms with E-state index in [2.05, 4.69) is 4.74 Å². The van der Waals surface area contributed by atoms with Gasteiger partial charge in [-0.3, -0.25) is 10.0 Å². The van der Waals surface area contributed by atoms with Crippen molar-refractivity contribution in [2.75, 3.05) is 5.75 Å². The first-order valence-corrected chi connectivity index (χ1v) is 11.1. The number of halogens is 3. The van der Waals surface area contributed by atoms with Gasteiger partial charge in [-0.05, 0) is 54.1 Å². The van der Waals surface area contributed by atoms with Crippen LogP contribution >= 0.6 is 0 Å². The van der Waals surface area contributed by atoms with E-state index in [9.17, 15) is 31.6 Å². The number of ether oxygens (including phenoxy) is 2. The van der Waals surface area contributed by atoms with Crippen molar-refractivity contribution in [3.8, 4) is 17.2 Å². The molecule has 3 aromatic rings. The number of hydrogen-bond acceptors (Lipinski definition) is 6. The Morgan fingerprint density at radius 3 is 1.91 bits per heavy atom. The Morgan fingerprint density at radius 2 is 1.39 bits per heavy atom. The molecule has 174 valence electrons. The third kappa shape index (κ3) is 6.70. The Balaban J connectivity index is 1.72. The van der Waals surface area contributed by atoms with Gasteiger partial charge in [0.2, 0.25) is 6.41 Å². The number of sulfone groups is 1. The van der Waals surface area contributed by atoms with Gasteiger partial charge >= 0.3 is 6.36 Å². The summed E-state index contributed by atoms with van der Waals surface area (Å²) in [7, 11) is -3.91. The van der Waals surface area contributed by atoms with E-state index < -0.39 is 33.7 Å². The van der Waals surface area contributed by atoms with Gasteiger partial charge in [-0.2, -0.15) is 0 Å². The van der Waals surface area contributed by atoms with E-state index in [0.29, 0.717) is 10.6 Å². The first kappa shape index (κ1) is 24.1. The molecule has 0 spiro atoms. The van der Waals surface area contributed by atoms with Gasteiger partial charge in [-0.1, -0.05) is 30.3 Å². The second-order valence-electron chi connectivity index (χ2n) is 6.79. The predicted octanol–water partition coefficient (Wildman–Crippen LogP) is 4.74. The first-order valence-electron chi connectivity index (χ1n) is 9.41. The summed E-state index contributed by atoms with van der Waals surface area (Å²) in [4.78, 5) is 11.0. The fraction of sp³-hybridized carbons (Fsp3) is 0.136. The molecular weight excluding hydrogens is 463 g/mol. The molecule has 1 N–H and O–H groups in total. The van der Waals surface area contributed by atoms with Crippen molar-refractivity contribution < 1.29 is 41.1 Å². The monoisotopic (exact) mass is 481 g/mol. The molecule has 1 amide bonds. The number of carbonyl (C=O) groups excluding carboxylic acids is 1. The van der Waals surface area contributed by atoms with E-state index >= 15 is 0 Å². The highest BCUT2D eigenvalue weighted by molar-refractivity contribution is 7.91. The summed E-state index contributed by atoms with van der Waals surface area (Å²) in [5.41, 5.74) is 0.438. The summed E-state index contributed by atoms with van der Waals surface area (Å²) >= 11 is 0. The lowest BCUT2D eigenvalue weighted by Crippen LogP contribution is -2.30. The molecule has 3 aromatic carbocycles. The number of alkyl halides is 3. The molecule has 0 saturated heterocycles. The average molecular weight is 481 g/mol. The molecular formula is C22H18F3NO6S. The van der Waals surface area contributed by atoms with Crippen LogP contribution in [0.5, 0.6) is 17.2 Å². The number of hydrogen-bond donors (Lipinski definition) is 1. The van der Waals surface area contributed by atoms with Crippen LogP contribution in [0.2, 0.25) is 0 Å². The average Bonchev–Trinajstić information content (AvgIpc) is 2.78. The standard InChI is InChI=1S/C22H18F3NO6S/c23-22(24,25)32-19-8-6-17(7-9-19)31-18-10-12-20(13-11-18)33(29,30)14-21(26(28)15-27)16-4-2-1-3-5-16/h1-13,15,21,28H,14H2. The number of amides is 1. The van der Waals surface area contributed by atoms with E-state index in [1.807, 2.05) is 0 Å². The lowest BCUT2D eigenvalue weighted by molar-refractivity contribution is -0.274. The number of nitrogens with zero attached hydrogens (tertiary/aromatic N) is 1. The summed E-state index contributed by atoms with van der Waals surface area (Å²) < 4.78 is 71.7. The molecule has 0 radical (unpaired) electrons. The van der Waals surface area contributed by atoms with Crippen LogP contribution in [0.4, 0.5) is 13.2 Å². The summed E-state index contributed by atoms with van der Waals surface area (Å²) in [6.45, 7) is 0. The summed E-state index contributed by atoms with van der Waals surface area (Å²) in [5, 5.41) is 10.2. The van der Waals surface area contributed by atoms with Gasteiger partial charge in [0.05, 0.1) is 16.7 Å². The fourth-order valence-corrected chi connectivity index (χ4v) is 4.44. The van der Waals surface area contributed by atoms with Gasteiger partial charge in [0, 0.05) is 0 Å². The molecule has 0 heterocycles. The van der Waals surface area contributed by atoms with Gasteiger partial charge in [0.15, 0.2) is 9.84 Å². The van der Waals surface area contributed by atoms with Crippen LogP contribution in [0.3, 0.4) is 0 Å². The zero-order valence-electron chi connectivity index (χ0n) is 16.8. The highest BCUT2D eigenvalue weighted by Crippen LogP contribution is 2.29. The number of hydroxylamine groups is 2. The molecule has 0 aliphatic rings. The Kier molecular flexibility index (Phi) is 7.24. The molecule has 0 aromatic heterocycles. The van der Waals surface area contributed by atoms with Gasteiger partial charge in [0.25, 0.3) is 0 Å². The van der Waals surface area contributed by atoms with Crippen LogP contribution in [-0.4, -0.2) is 37.2 Å². The van der Waals surface area contributed by atoms with Crippen LogP contribution < -0.4 is 9.47 Å². The minimum Gasteiger partial charge on any atom is -0.457 e. The molecule has 7 nitrogen and oxygen atoms in total. The van der Waals surface area contributed by atoms with Gasteiger partial charge in [-0.25, -0.2) is 13.5 Å². The predicted molar refractivity (Wildman–Crippen MR) is 111 cm³/mol. The van der Waals surface area contributed by atoms with Crippen LogP contribution in [0.25, 0.3) is 0 Å². The molecule has 3 rings (SSSR count). The van der Waals surface area contributed by atoms with Crippen molar-refractivity contribution in [2.24, 2.45) is 0 Å². The maximum absolute atomic E-state index is 12.9. The maximum atomic E-state index is 12.9. The van der Waals surface area contributed by atoms with Crippen LogP contribution in [-0.2, 0) is 14.6 Å². The molecule has 1 unspecified atom stereocenters. The molecule has 0 aliphatic carbocycles. The molecule has 1 atom stereocenters. The Labute approximate surface area is 187 Å². The Bertz CT molecular complexity index is 1170. The first-order chi connectivity index (χ1) is 15.6. The van der Waals surface area contributed by atoms with E-state index in [0.717, 1.165) is 12.1 Å². The number of rotatable bonds is 9. The summed E-state index contributed by atoms with van der Waals surface area (Å²) in [5.74, 6) is -0.508. The van der Waals surface area contributed by atoms with Gasteiger partial charge in [0.1, 0.15) is 17.2 Å². The molecule has 0 bridgehead atoms. The van der Waals surface area contributed by atoms with Crippen molar-refractivity contribution in [3.63, 3.8) is 0 Å². The third-order valence-corrected chi connectivity index (χ3v) is 6.21. The normalized spacial score (nSPS) is 12.6. The molecule has 33 heavy (non-hydrogen) atoms. The molecule has 0 saturated carbocycles. The van der Waals surface area contributed by atoms with E-state index in [-0.39, 0.29) is 22.8 Å². The quantitative estimate of drug-likeness (QED) is 0.270. The summed E-state index contributed by atoms with van der Waals surface area (Å²) in [6.07, 6.45) is -4.67. The Morgan fingerprint density at radius 1 is 0.879 bits per heavy atom. The van der Waals surface area contributed by atoms with Gasteiger partial charge < -0.3 is 9.47 Å². The van der Waals surface area contributed by atoms with E-state index in [1.54, 1.807) is 30.3 Å². The van der Waals surface area contributed by atoms with Crippen LogP contribution in [0.15, 0.2) is 83.8 Å². The second-order valence-corrected chi connectivity index (χ2v) is 8.82. The van der Waals surface area contributed by atoms with Crippen molar-refractivity contribution in [1.82, 2.24) is 5.06 Å². The summed E-state index contributed by atoms with van der Waals surface area (Å²) in [6, 6.07) is 17.1. The van der Waals surface area contributed by atoms with Crippen molar-refractivity contribution in [2.45, 2.75) is 17.3 Å². The fourth-order valence-electron chi connectivity index (χ4n) is 2.94. The van der Waals surface area contributed by atoms with E-state index in [1.165, 1.54) is 36.4 Å². The topological polar surface area (TPSA) is 93.1 Å². The number of carbonyl (C=O) groups is 1. The highest BCUT2D eigenvalue weighted by Gasteiger charge is 2.31. The largest absolute Gasteiger partial charge is 0.573 e. The third-order valence-electron chi connectivity index (χ3n) is 4.46. The van der Waals surface area contributed by atoms with Crippen molar-refractivity contribution in [1.29, 1.82) is 0 Å². The maximum Gasteiger partial charge on any atom is 0.573 e. The zero-order chi connectivity index (χ0) is 24.1. The molecule has 0 fully saturated rings. The van der Waals surface area contributed by atoms with Crippen molar-refractivity contribution in [3.05, 3.63) is 84.4 Å². The highest BCUT2D eigenvalue weighted by atomic mass is 32.2. The molecule has 0 aliphatic heterocycles. The minimum atomic E-state index is -4.80. The van der Waals surface area contributed by atoms with Gasteiger partial charge in [-0.15, -0.1) is 13.2 Å².